The van der Waals surface area contributed by atoms with Crippen molar-refractivity contribution in [2.45, 2.75) is 46.5 Å². The monoisotopic (exact) mass is 561 g/mol. The minimum absolute atomic E-state index is 0.121. The van der Waals surface area contributed by atoms with Gasteiger partial charge in [-0.15, -0.1) is 0 Å². The number of aliphatic imine (C=N–C) groups is 1. The molecule has 0 aliphatic carbocycles. The Hall–Kier alpha value is -2.48. The molecule has 2 aliphatic rings. The normalized spacial score (nSPS) is 16.0. The molecule has 0 N–H and O–H groups in total. The molecule has 2 aromatic rings. The average molecular weight is 563 g/mol. The molecule has 0 aromatic heterocycles. The first kappa shape index (κ1) is 28.5. The van der Waals surface area contributed by atoms with E-state index < -0.39 is 5.41 Å². The number of unbranched alkanes of at least 4 members (excludes halogenated alkanes) is 1. The Morgan fingerprint density at radius 1 is 1.00 bits per heavy atom. The number of nitrogens with zero attached hydrogens (tertiary/aromatic N) is 3. The summed E-state index contributed by atoms with van der Waals surface area (Å²) in [6.07, 6.45) is 3.57. The number of piperazine rings is 1. The highest BCUT2D eigenvalue weighted by Gasteiger charge is 2.24. The highest BCUT2D eigenvalue weighted by atomic mass is 35.5. The lowest BCUT2D eigenvalue weighted by atomic mass is 9.98. The molecule has 1 saturated heterocycles. The van der Waals surface area contributed by atoms with Gasteiger partial charge >= 0.3 is 5.97 Å². The van der Waals surface area contributed by atoms with Crippen molar-refractivity contribution < 1.29 is 19.0 Å². The number of esters is 1. The van der Waals surface area contributed by atoms with Crippen molar-refractivity contribution in [3.05, 3.63) is 52.0 Å². The second-order valence-electron chi connectivity index (χ2n) is 10.7. The third-order valence-electron chi connectivity index (χ3n) is 6.72. The summed E-state index contributed by atoms with van der Waals surface area (Å²) in [6, 6.07) is 11.8. The zero-order valence-corrected chi connectivity index (χ0v) is 24.0. The van der Waals surface area contributed by atoms with Gasteiger partial charge in [-0.2, -0.15) is 0 Å². The van der Waals surface area contributed by atoms with Crippen LogP contribution in [0.15, 0.2) is 41.4 Å². The third-order valence-corrected chi connectivity index (χ3v) is 7.53. The fraction of sp³-hybridized carbons (Fsp3) is 0.517. The van der Waals surface area contributed by atoms with Crippen LogP contribution >= 0.6 is 23.2 Å². The molecule has 2 heterocycles. The number of benzene rings is 2. The Morgan fingerprint density at radius 3 is 2.55 bits per heavy atom. The van der Waals surface area contributed by atoms with Gasteiger partial charge in [-0.1, -0.05) is 35.3 Å². The van der Waals surface area contributed by atoms with E-state index in [1.165, 1.54) is 0 Å². The average Bonchev–Trinajstić information content (AvgIpc) is 2.89. The van der Waals surface area contributed by atoms with E-state index in [0.717, 1.165) is 74.7 Å². The topological polar surface area (TPSA) is 63.6 Å². The number of ether oxygens (including phenoxy) is 3. The first-order chi connectivity index (χ1) is 18.2. The summed E-state index contributed by atoms with van der Waals surface area (Å²) in [7, 11) is 0. The molecule has 4 rings (SSSR count). The molecule has 0 bridgehead atoms. The van der Waals surface area contributed by atoms with Gasteiger partial charge in [0.05, 0.1) is 33.4 Å². The molecule has 1 fully saturated rings. The number of fused-ring (bicyclic) bond motifs is 1. The van der Waals surface area contributed by atoms with Gasteiger partial charge in [-0.3, -0.25) is 9.69 Å². The van der Waals surface area contributed by atoms with Crippen LogP contribution in [0, 0.1) is 5.41 Å². The number of rotatable bonds is 9. The summed E-state index contributed by atoms with van der Waals surface area (Å²) in [5, 5.41) is 1.24. The van der Waals surface area contributed by atoms with Crippen molar-refractivity contribution in [2.24, 2.45) is 10.4 Å². The number of hydrogen-bond acceptors (Lipinski definition) is 7. The fourth-order valence-electron chi connectivity index (χ4n) is 4.43. The minimum Gasteiger partial charge on any atom is -0.494 e. The number of aryl methyl sites for hydroxylation is 1. The van der Waals surface area contributed by atoms with Gasteiger partial charge in [-0.05, 0) is 70.3 Å². The van der Waals surface area contributed by atoms with Crippen LogP contribution in [0.2, 0.25) is 10.0 Å². The van der Waals surface area contributed by atoms with E-state index in [1.807, 2.05) is 51.1 Å². The molecule has 0 unspecified atom stereocenters. The first-order valence-electron chi connectivity index (χ1n) is 13.3. The lowest BCUT2D eigenvalue weighted by molar-refractivity contribution is -0.160. The highest BCUT2D eigenvalue weighted by molar-refractivity contribution is 6.43. The van der Waals surface area contributed by atoms with Crippen LogP contribution in [0.25, 0.3) is 0 Å². The van der Waals surface area contributed by atoms with Gasteiger partial charge in [0.2, 0.25) is 6.79 Å². The van der Waals surface area contributed by atoms with Gasteiger partial charge in [0.25, 0.3) is 0 Å². The van der Waals surface area contributed by atoms with Crippen molar-refractivity contribution in [1.29, 1.82) is 0 Å². The van der Waals surface area contributed by atoms with E-state index in [1.54, 1.807) is 0 Å². The van der Waals surface area contributed by atoms with Crippen molar-refractivity contribution in [1.82, 2.24) is 4.90 Å². The lowest BCUT2D eigenvalue weighted by Gasteiger charge is -2.36. The smallest absolute Gasteiger partial charge is 0.314 e. The van der Waals surface area contributed by atoms with Crippen LogP contribution in [0.4, 0.5) is 11.4 Å². The van der Waals surface area contributed by atoms with Gasteiger partial charge in [0, 0.05) is 38.7 Å². The van der Waals surface area contributed by atoms with Gasteiger partial charge in [0.1, 0.15) is 5.75 Å². The van der Waals surface area contributed by atoms with E-state index >= 15 is 0 Å². The van der Waals surface area contributed by atoms with E-state index in [9.17, 15) is 4.79 Å². The Bertz CT molecular complexity index is 1140. The Morgan fingerprint density at radius 2 is 1.79 bits per heavy atom. The number of halogens is 2. The number of carbonyl (C=O) groups excluding carboxylic acids is 1. The molecule has 2 aromatic carbocycles. The maximum Gasteiger partial charge on any atom is 0.314 e. The molecule has 9 heteroatoms. The maximum atomic E-state index is 11.9. The van der Waals surface area contributed by atoms with Crippen LogP contribution in [0.1, 0.15) is 45.6 Å². The Balaban J connectivity index is 1.16. The molecular weight excluding hydrogens is 525 g/mol. The maximum absolute atomic E-state index is 11.9. The summed E-state index contributed by atoms with van der Waals surface area (Å²) >= 11 is 12.6. The Labute approximate surface area is 235 Å². The third kappa shape index (κ3) is 7.78. The molecule has 0 atom stereocenters. The predicted molar refractivity (Wildman–Crippen MR) is 153 cm³/mol. The fourth-order valence-corrected chi connectivity index (χ4v) is 4.84. The zero-order valence-electron chi connectivity index (χ0n) is 22.5. The molecule has 0 saturated carbocycles. The number of carbonyl (C=O) groups is 1. The highest BCUT2D eigenvalue weighted by Crippen LogP contribution is 2.33. The van der Waals surface area contributed by atoms with Crippen LogP contribution in [0.3, 0.4) is 0 Å². The van der Waals surface area contributed by atoms with Crippen LogP contribution in [0.5, 0.6) is 5.75 Å². The van der Waals surface area contributed by atoms with Crippen LogP contribution in [-0.2, 0) is 20.7 Å². The summed E-state index contributed by atoms with van der Waals surface area (Å²) in [6.45, 7) is 10.9. The Kier molecular flexibility index (Phi) is 9.80. The van der Waals surface area contributed by atoms with Crippen LogP contribution < -0.4 is 9.64 Å². The SMILES string of the molecule is CC(C)(C)C(=O)OCOC1=Nc2cc(OCCCCN3CCN(c4cccc(Cl)c4Cl)CC3)ccc2CC1. The molecule has 206 valence electrons. The minimum atomic E-state index is -0.558. The lowest BCUT2D eigenvalue weighted by Crippen LogP contribution is -2.46. The summed E-state index contributed by atoms with van der Waals surface area (Å²) in [5.74, 6) is 1.09. The van der Waals surface area contributed by atoms with Crippen molar-refractivity contribution in [3.63, 3.8) is 0 Å². The summed E-state index contributed by atoms with van der Waals surface area (Å²) < 4.78 is 16.8. The summed E-state index contributed by atoms with van der Waals surface area (Å²) in [4.78, 5) is 21.3. The van der Waals surface area contributed by atoms with Gasteiger partial charge in [-0.25, -0.2) is 4.99 Å². The van der Waals surface area contributed by atoms with Crippen molar-refractivity contribution in [2.75, 3.05) is 51.0 Å². The molecule has 0 amide bonds. The van der Waals surface area contributed by atoms with E-state index in [2.05, 4.69) is 20.9 Å². The number of hydrogen-bond donors (Lipinski definition) is 0. The van der Waals surface area contributed by atoms with E-state index in [4.69, 9.17) is 37.4 Å². The standard InChI is InChI=1S/C29H37Cl2N3O4/c1-29(2,3)28(35)38-20-37-26-12-10-21-9-11-22(19-24(21)32-26)36-18-5-4-13-33-14-16-34(17-15-33)25-8-6-7-23(30)27(25)31/h6-9,11,19H,4-5,10,12-18,20H2,1-3H3. The molecule has 0 spiro atoms. The summed E-state index contributed by atoms with van der Waals surface area (Å²) in [5.41, 5.74) is 2.47. The first-order valence-corrected chi connectivity index (χ1v) is 14.0. The van der Waals surface area contributed by atoms with Crippen molar-refractivity contribution in [3.8, 4) is 5.75 Å². The van der Waals surface area contributed by atoms with Crippen molar-refractivity contribution >= 4 is 46.4 Å². The number of anilines is 1. The van der Waals surface area contributed by atoms with Crippen LogP contribution in [-0.4, -0.2) is 62.9 Å². The molecular formula is C29H37Cl2N3O4. The molecule has 2 aliphatic heterocycles. The largest absolute Gasteiger partial charge is 0.494 e. The predicted octanol–water partition coefficient (Wildman–Crippen LogP) is 6.51. The van der Waals surface area contributed by atoms with Gasteiger partial charge < -0.3 is 19.1 Å². The van der Waals surface area contributed by atoms with E-state index in [-0.39, 0.29) is 12.8 Å². The molecule has 38 heavy (non-hydrogen) atoms. The second-order valence-corrected chi connectivity index (χ2v) is 11.5. The molecule has 7 nitrogen and oxygen atoms in total. The van der Waals surface area contributed by atoms with Gasteiger partial charge in [0.15, 0.2) is 5.90 Å². The quantitative estimate of drug-likeness (QED) is 0.197. The van der Waals surface area contributed by atoms with E-state index in [0.29, 0.717) is 29.0 Å². The second kappa shape index (κ2) is 13.0. The molecule has 0 radical (unpaired) electrons. The zero-order chi connectivity index (χ0) is 27.1.